The number of nitrogen functional groups attached to an aromatic ring is 1. The first-order valence-corrected chi connectivity index (χ1v) is 13.6. The van der Waals surface area contributed by atoms with Crippen LogP contribution in [0.5, 0.6) is 11.5 Å². The van der Waals surface area contributed by atoms with E-state index in [4.69, 9.17) is 10.5 Å². The summed E-state index contributed by atoms with van der Waals surface area (Å²) in [6, 6.07) is 18.6. The second kappa shape index (κ2) is 10.5. The maximum Gasteiger partial charge on any atom is 0.246 e. The van der Waals surface area contributed by atoms with Gasteiger partial charge in [0.1, 0.15) is 29.3 Å². The Morgan fingerprint density at radius 3 is 2.56 bits per heavy atom. The molecule has 8 heteroatoms. The van der Waals surface area contributed by atoms with Gasteiger partial charge in [-0.2, -0.15) is 0 Å². The van der Waals surface area contributed by atoms with Gasteiger partial charge in [0.05, 0.1) is 11.4 Å². The van der Waals surface area contributed by atoms with E-state index in [0.717, 1.165) is 52.3 Å². The van der Waals surface area contributed by atoms with Gasteiger partial charge in [-0.3, -0.25) is 9.69 Å². The second-order valence-electron chi connectivity index (χ2n) is 10.5. The zero-order chi connectivity index (χ0) is 26.9. The molecule has 1 saturated carbocycles. The number of nitrogens with zero attached hydrogens (tertiary/aromatic N) is 5. The number of carbonyl (C=O) groups excluding carboxylic acids is 1. The zero-order valence-corrected chi connectivity index (χ0v) is 22.5. The third kappa shape index (κ3) is 5.12. The molecule has 1 aliphatic carbocycles. The first kappa shape index (κ1) is 25.1. The third-order valence-electron chi connectivity index (χ3n) is 7.84. The lowest BCUT2D eigenvalue weighted by Gasteiger charge is -2.18. The van der Waals surface area contributed by atoms with Crippen LogP contribution in [0, 0.1) is 6.92 Å². The number of nitrogens with two attached hydrogens (primary N) is 1. The minimum Gasteiger partial charge on any atom is -0.457 e. The molecule has 1 saturated heterocycles. The minimum absolute atomic E-state index is 0.0687. The van der Waals surface area contributed by atoms with Gasteiger partial charge in [-0.1, -0.05) is 36.4 Å². The Hall–Kier alpha value is -4.17. The number of hydrogen-bond acceptors (Lipinski definition) is 6. The van der Waals surface area contributed by atoms with Crippen LogP contribution in [0.3, 0.4) is 0 Å². The van der Waals surface area contributed by atoms with Gasteiger partial charge in [-0.05, 0) is 63.1 Å². The first-order chi connectivity index (χ1) is 19.0. The van der Waals surface area contributed by atoms with Gasteiger partial charge in [0, 0.05) is 43.0 Å². The van der Waals surface area contributed by atoms with Crippen molar-refractivity contribution in [2.45, 2.75) is 38.3 Å². The maximum atomic E-state index is 12.9. The second-order valence-corrected chi connectivity index (χ2v) is 10.5. The average molecular weight is 523 g/mol. The molecule has 2 aliphatic rings. The molecular formula is C31H34N6O2. The summed E-state index contributed by atoms with van der Waals surface area (Å²) < 4.78 is 8.23. The molecule has 8 nitrogen and oxygen atoms in total. The Morgan fingerprint density at radius 1 is 1.08 bits per heavy atom. The highest BCUT2D eigenvalue weighted by molar-refractivity contribution is 6.02. The Balaban J connectivity index is 1.25. The van der Waals surface area contributed by atoms with E-state index in [1.54, 1.807) is 6.08 Å². The molecule has 0 unspecified atom stereocenters. The Bertz CT molecular complexity index is 1510. The van der Waals surface area contributed by atoms with Crippen LogP contribution >= 0.6 is 0 Å². The monoisotopic (exact) mass is 522 g/mol. The number of hydrogen-bond donors (Lipinski definition) is 1. The van der Waals surface area contributed by atoms with E-state index in [9.17, 15) is 4.79 Å². The van der Waals surface area contributed by atoms with Gasteiger partial charge in [0.25, 0.3) is 0 Å². The van der Waals surface area contributed by atoms with Gasteiger partial charge >= 0.3 is 0 Å². The van der Waals surface area contributed by atoms with Gasteiger partial charge in [-0.25, -0.2) is 9.97 Å². The highest BCUT2D eigenvalue weighted by Gasteiger charge is 2.31. The first-order valence-electron chi connectivity index (χ1n) is 13.6. The Morgan fingerprint density at radius 2 is 1.82 bits per heavy atom. The summed E-state index contributed by atoms with van der Waals surface area (Å²) in [4.78, 5) is 26.1. The number of benzene rings is 2. The fraction of sp³-hybridized carbons (Fsp3) is 0.323. The predicted octanol–water partition coefficient (Wildman–Crippen LogP) is 5.21. The average Bonchev–Trinajstić information content (AvgIpc) is 3.61. The van der Waals surface area contributed by atoms with E-state index in [-0.39, 0.29) is 11.9 Å². The summed E-state index contributed by atoms with van der Waals surface area (Å²) in [5.41, 5.74) is 10.3. The van der Waals surface area contributed by atoms with Crippen molar-refractivity contribution in [2.75, 3.05) is 32.4 Å². The zero-order valence-electron chi connectivity index (χ0n) is 22.5. The van der Waals surface area contributed by atoms with Gasteiger partial charge in [0.2, 0.25) is 5.91 Å². The van der Waals surface area contributed by atoms with Crippen molar-refractivity contribution >= 4 is 22.8 Å². The molecule has 39 heavy (non-hydrogen) atoms. The number of carbonyl (C=O) groups is 1. The van der Waals surface area contributed by atoms with Crippen molar-refractivity contribution in [1.29, 1.82) is 0 Å². The highest BCUT2D eigenvalue weighted by Crippen LogP contribution is 2.40. The molecule has 0 bridgehead atoms. The summed E-state index contributed by atoms with van der Waals surface area (Å²) >= 11 is 0. The molecule has 1 aliphatic heterocycles. The molecule has 1 atom stereocenters. The van der Waals surface area contributed by atoms with Crippen LogP contribution < -0.4 is 10.5 Å². The summed E-state index contributed by atoms with van der Waals surface area (Å²) in [5, 5.41) is 0.847. The summed E-state index contributed by atoms with van der Waals surface area (Å²) in [5.74, 6) is 2.08. The predicted molar refractivity (Wildman–Crippen MR) is 154 cm³/mol. The van der Waals surface area contributed by atoms with E-state index >= 15 is 0 Å². The number of fused-ring (bicyclic) bond motifs is 1. The van der Waals surface area contributed by atoms with Crippen molar-refractivity contribution in [1.82, 2.24) is 24.3 Å². The molecular weight excluding hydrogens is 488 g/mol. The van der Waals surface area contributed by atoms with E-state index in [1.807, 2.05) is 65.6 Å². The number of para-hydroxylation sites is 1. The smallest absolute Gasteiger partial charge is 0.246 e. The molecule has 2 aromatic carbocycles. The van der Waals surface area contributed by atoms with Crippen LogP contribution in [-0.4, -0.2) is 63.0 Å². The minimum atomic E-state index is 0.0687. The Labute approximate surface area is 228 Å². The molecule has 0 radical (unpaired) electrons. The lowest BCUT2D eigenvalue weighted by Crippen LogP contribution is -2.28. The molecule has 3 heterocycles. The quantitative estimate of drug-likeness (QED) is 0.320. The van der Waals surface area contributed by atoms with Crippen molar-refractivity contribution in [3.8, 4) is 22.6 Å². The van der Waals surface area contributed by atoms with Crippen LogP contribution in [0.15, 0.2) is 73.1 Å². The lowest BCUT2D eigenvalue weighted by molar-refractivity contribution is -0.125. The number of likely N-dealkylation sites (N-methyl/N-ethyl adjacent to an activating group) is 1. The number of amides is 1. The van der Waals surface area contributed by atoms with Gasteiger partial charge in [-0.15, -0.1) is 0 Å². The third-order valence-corrected chi connectivity index (χ3v) is 7.84. The summed E-state index contributed by atoms with van der Waals surface area (Å²) in [6.45, 7) is 4.26. The van der Waals surface area contributed by atoms with Crippen LogP contribution in [0.4, 0.5) is 5.82 Å². The normalized spacial score (nSPS) is 17.5. The number of rotatable bonds is 8. The van der Waals surface area contributed by atoms with Crippen LogP contribution in [0.1, 0.15) is 31.0 Å². The number of anilines is 1. The summed E-state index contributed by atoms with van der Waals surface area (Å²) in [6.07, 6.45) is 8.62. The molecule has 2 aromatic heterocycles. The number of ether oxygens (including phenoxy) is 1. The Kier molecular flexibility index (Phi) is 6.79. The molecule has 2 N–H and O–H groups in total. The van der Waals surface area contributed by atoms with E-state index < -0.39 is 0 Å². The molecule has 2 fully saturated rings. The highest BCUT2D eigenvalue weighted by atomic mass is 16.5. The van der Waals surface area contributed by atoms with Crippen LogP contribution in [0.25, 0.3) is 22.2 Å². The SMILES string of the molecule is Cc1c(-c2ccc(Oc3ccccc3)cc2)c2c(N)ncnc2n1[C@@H]1CCN(C(=O)/C=C/CN(C)C2CC2)C1. The van der Waals surface area contributed by atoms with Crippen molar-refractivity contribution in [2.24, 2.45) is 0 Å². The fourth-order valence-corrected chi connectivity index (χ4v) is 5.63. The standard InChI is InChI=1S/C31H34N6O2/c1-21-28(22-10-14-26(15-11-22)39-25-7-4-3-5-8-25)29-30(32)33-20-34-31(29)37(21)24-16-18-36(19-24)27(38)9-6-17-35(2)23-12-13-23/h3-11,14-15,20,23-24H,12-13,16-19H2,1-2H3,(H2,32,33,34)/b9-6+/t24-/m1/s1. The van der Waals surface area contributed by atoms with Crippen LogP contribution in [0.2, 0.25) is 0 Å². The number of aromatic nitrogens is 3. The lowest BCUT2D eigenvalue weighted by atomic mass is 10.0. The van der Waals surface area contributed by atoms with E-state index in [0.29, 0.717) is 24.9 Å². The topological polar surface area (TPSA) is 89.5 Å². The summed E-state index contributed by atoms with van der Waals surface area (Å²) in [7, 11) is 2.12. The van der Waals surface area contributed by atoms with Crippen LogP contribution in [-0.2, 0) is 4.79 Å². The number of likely N-dealkylation sites (tertiary alicyclic amines) is 1. The molecule has 0 spiro atoms. The molecule has 6 rings (SSSR count). The maximum absolute atomic E-state index is 12.9. The molecule has 1 amide bonds. The molecule has 4 aromatic rings. The fourth-order valence-electron chi connectivity index (χ4n) is 5.63. The largest absolute Gasteiger partial charge is 0.457 e. The van der Waals surface area contributed by atoms with Gasteiger partial charge < -0.3 is 19.9 Å². The molecule has 200 valence electrons. The van der Waals surface area contributed by atoms with Gasteiger partial charge in [0.15, 0.2) is 0 Å². The van der Waals surface area contributed by atoms with Crippen molar-refractivity contribution < 1.29 is 9.53 Å². The van der Waals surface area contributed by atoms with E-state index in [1.165, 1.54) is 19.2 Å². The van der Waals surface area contributed by atoms with Crippen molar-refractivity contribution in [3.05, 3.63) is 78.8 Å². The van der Waals surface area contributed by atoms with Crippen molar-refractivity contribution in [3.63, 3.8) is 0 Å². The van der Waals surface area contributed by atoms with E-state index in [2.05, 4.69) is 33.4 Å².